The first-order chi connectivity index (χ1) is 13.1. The number of hydrogen-bond acceptors (Lipinski definition) is 6. The summed E-state index contributed by atoms with van der Waals surface area (Å²) >= 11 is 1.41. The van der Waals surface area contributed by atoms with Crippen molar-refractivity contribution in [3.63, 3.8) is 0 Å². The van der Waals surface area contributed by atoms with Crippen LogP contribution in [0.5, 0.6) is 0 Å². The molecular weight excluding hydrogens is 360 g/mol. The third-order valence-corrected chi connectivity index (χ3v) is 6.04. The van der Waals surface area contributed by atoms with E-state index in [1.807, 2.05) is 37.4 Å². The molecule has 4 rings (SSSR count). The number of amides is 1. The fourth-order valence-electron chi connectivity index (χ4n) is 3.29. The molecule has 1 aromatic carbocycles. The van der Waals surface area contributed by atoms with E-state index in [4.69, 9.17) is 4.42 Å². The van der Waals surface area contributed by atoms with Crippen LogP contribution in [0.15, 0.2) is 50.9 Å². The highest BCUT2D eigenvalue weighted by Gasteiger charge is 2.29. The van der Waals surface area contributed by atoms with Gasteiger partial charge in [0.15, 0.2) is 5.17 Å². The maximum absolute atomic E-state index is 12.3. The molecule has 0 radical (unpaired) electrons. The van der Waals surface area contributed by atoms with Crippen LogP contribution in [0, 0.1) is 0 Å². The molecule has 0 bridgehead atoms. The zero-order valence-electron chi connectivity index (χ0n) is 15.5. The summed E-state index contributed by atoms with van der Waals surface area (Å²) < 4.78 is 5.55. The van der Waals surface area contributed by atoms with Crippen LogP contribution >= 0.6 is 11.8 Å². The number of hydrogen-bond donors (Lipinski definition) is 0. The molecule has 140 valence electrons. The van der Waals surface area contributed by atoms with E-state index >= 15 is 0 Å². The highest BCUT2D eigenvalue weighted by molar-refractivity contribution is 8.18. The van der Waals surface area contributed by atoms with Gasteiger partial charge in [0.25, 0.3) is 5.91 Å². The minimum absolute atomic E-state index is 0.209. The first-order valence-corrected chi connectivity index (χ1v) is 9.87. The lowest BCUT2D eigenvalue weighted by Gasteiger charge is -2.35. The molecule has 7 heteroatoms. The van der Waals surface area contributed by atoms with Crippen LogP contribution in [0.25, 0.3) is 17.5 Å². The minimum Gasteiger partial charge on any atom is -0.444 e. The number of rotatable bonds is 3. The van der Waals surface area contributed by atoms with Gasteiger partial charge in [0.1, 0.15) is 12.0 Å². The predicted octanol–water partition coefficient (Wildman–Crippen LogP) is 3.34. The van der Waals surface area contributed by atoms with Gasteiger partial charge in [0.2, 0.25) is 5.89 Å². The van der Waals surface area contributed by atoms with Crippen molar-refractivity contribution in [2.75, 3.05) is 27.2 Å². The van der Waals surface area contributed by atoms with E-state index in [0.717, 1.165) is 36.7 Å². The second-order valence-electron chi connectivity index (χ2n) is 6.90. The number of aromatic nitrogens is 1. The van der Waals surface area contributed by atoms with Crippen LogP contribution in [0.4, 0.5) is 0 Å². The Morgan fingerprint density at radius 2 is 2.00 bits per heavy atom. The first-order valence-electron chi connectivity index (χ1n) is 9.05. The Morgan fingerprint density at radius 1 is 1.26 bits per heavy atom. The Kier molecular flexibility index (Phi) is 5.13. The van der Waals surface area contributed by atoms with Crippen LogP contribution < -0.4 is 0 Å². The molecule has 1 fully saturated rings. The van der Waals surface area contributed by atoms with Gasteiger partial charge >= 0.3 is 0 Å². The van der Waals surface area contributed by atoms with Gasteiger partial charge < -0.3 is 14.2 Å². The molecule has 1 aromatic heterocycles. The number of benzene rings is 1. The molecule has 0 saturated carbocycles. The number of thioether (sulfide) groups is 1. The summed E-state index contributed by atoms with van der Waals surface area (Å²) in [6, 6.07) is 10.1. The largest absolute Gasteiger partial charge is 0.444 e. The topological polar surface area (TPSA) is 61.9 Å². The first kappa shape index (κ1) is 18.0. The molecule has 1 saturated heterocycles. The van der Waals surface area contributed by atoms with E-state index in [1.165, 1.54) is 11.8 Å². The number of piperidine rings is 1. The molecule has 0 atom stereocenters. The summed E-state index contributed by atoms with van der Waals surface area (Å²) in [5.74, 6) is 0.335. The SMILES string of the molecule is CN1CCC(N(C)C2=NC(=O)/C(=C\c3coc(-c4ccccc4)n3)S2)CC1. The van der Waals surface area contributed by atoms with Crippen molar-refractivity contribution in [3.8, 4) is 11.5 Å². The molecule has 2 aliphatic heterocycles. The van der Waals surface area contributed by atoms with Gasteiger partial charge in [0, 0.05) is 18.7 Å². The van der Waals surface area contributed by atoms with Gasteiger partial charge in [-0.3, -0.25) is 4.79 Å². The number of amidine groups is 1. The van der Waals surface area contributed by atoms with Crippen molar-refractivity contribution in [3.05, 3.63) is 47.2 Å². The van der Waals surface area contributed by atoms with E-state index in [1.54, 1.807) is 12.3 Å². The summed E-state index contributed by atoms with van der Waals surface area (Å²) in [5, 5.41) is 0.771. The fourth-order valence-corrected chi connectivity index (χ4v) is 4.22. The zero-order valence-corrected chi connectivity index (χ0v) is 16.3. The highest BCUT2D eigenvalue weighted by atomic mass is 32.2. The highest BCUT2D eigenvalue weighted by Crippen LogP contribution is 2.32. The number of oxazole rings is 1. The quantitative estimate of drug-likeness (QED) is 0.759. The molecule has 6 nitrogen and oxygen atoms in total. The van der Waals surface area contributed by atoms with Gasteiger partial charge in [-0.1, -0.05) is 18.2 Å². The molecule has 27 heavy (non-hydrogen) atoms. The second kappa shape index (κ2) is 7.70. The van der Waals surface area contributed by atoms with E-state index in [2.05, 4.69) is 26.8 Å². The molecule has 2 aliphatic rings. The van der Waals surface area contributed by atoms with Gasteiger partial charge in [-0.15, -0.1) is 0 Å². The molecule has 1 amide bonds. The third kappa shape index (κ3) is 3.99. The summed E-state index contributed by atoms with van der Waals surface area (Å²) in [7, 11) is 4.17. The summed E-state index contributed by atoms with van der Waals surface area (Å²) in [6.07, 6.45) is 5.50. The van der Waals surface area contributed by atoms with Gasteiger partial charge in [-0.05, 0) is 62.9 Å². The normalized spacial score (nSPS) is 20.3. The maximum Gasteiger partial charge on any atom is 0.286 e. The maximum atomic E-state index is 12.3. The Labute approximate surface area is 163 Å². The van der Waals surface area contributed by atoms with Gasteiger partial charge in [0.05, 0.1) is 4.91 Å². The molecule has 3 heterocycles. The number of likely N-dealkylation sites (tertiary alicyclic amines) is 1. The predicted molar refractivity (Wildman–Crippen MR) is 108 cm³/mol. The monoisotopic (exact) mass is 382 g/mol. The van der Waals surface area contributed by atoms with Crippen molar-refractivity contribution in [2.24, 2.45) is 4.99 Å². The van der Waals surface area contributed by atoms with Gasteiger partial charge in [-0.2, -0.15) is 4.99 Å². The van der Waals surface area contributed by atoms with E-state index in [-0.39, 0.29) is 5.91 Å². The molecule has 0 N–H and O–H groups in total. The zero-order chi connectivity index (χ0) is 18.8. The van der Waals surface area contributed by atoms with Crippen LogP contribution in [0.1, 0.15) is 18.5 Å². The van der Waals surface area contributed by atoms with Crippen molar-refractivity contribution < 1.29 is 9.21 Å². The lowest BCUT2D eigenvalue weighted by atomic mass is 10.1. The van der Waals surface area contributed by atoms with Crippen molar-refractivity contribution in [1.82, 2.24) is 14.8 Å². The number of carbonyl (C=O) groups is 1. The average Bonchev–Trinajstić information content (AvgIpc) is 3.30. The Bertz CT molecular complexity index is 882. The molecule has 0 unspecified atom stereocenters. The van der Waals surface area contributed by atoms with Crippen molar-refractivity contribution in [1.29, 1.82) is 0 Å². The van der Waals surface area contributed by atoms with Crippen LogP contribution in [-0.4, -0.2) is 59.1 Å². The van der Waals surface area contributed by atoms with E-state index in [0.29, 0.717) is 22.5 Å². The smallest absolute Gasteiger partial charge is 0.286 e. The lowest BCUT2D eigenvalue weighted by Crippen LogP contribution is -2.43. The average molecular weight is 382 g/mol. The number of carbonyl (C=O) groups excluding carboxylic acids is 1. The molecular formula is C20H22N4O2S. The summed E-state index contributed by atoms with van der Waals surface area (Å²) in [5.41, 5.74) is 1.54. The standard InChI is InChI=1S/C20H22N4O2S/c1-23-10-8-16(9-11-23)24(2)20-22-18(25)17(27-20)12-15-13-26-19(21-15)14-6-4-3-5-7-14/h3-7,12-13,16H,8-11H2,1-2H3/b17-12+. The third-order valence-electron chi connectivity index (χ3n) is 4.97. The lowest BCUT2D eigenvalue weighted by molar-refractivity contribution is -0.113. The Hall–Kier alpha value is -2.38. The van der Waals surface area contributed by atoms with Crippen LogP contribution in [-0.2, 0) is 4.79 Å². The fraction of sp³-hybridized carbons (Fsp3) is 0.350. The number of aliphatic imine (C=N–C) groups is 1. The van der Waals surface area contributed by atoms with Crippen LogP contribution in [0.3, 0.4) is 0 Å². The van der Waals surface area contributed by atoms with E-state index in [9.17, 15) is 4.79 Å². The van der Waals surface area contributed by atoms with Crippen molar-refractivity contribution >= 4 is 28.9 Å². The van der Waals surface area contributed by atoms with Gasteiger partial charge in [-0.25, -0.2) is 4.98 Å². The summed E-state index contributed by atoms with van der Waals surface area (Å²) in [6.45, 7) is 2.15. The van der Waals surface area contributed by atoms with E-state index < -0.39 is 0 Å². The number of nitrogens with zero attached hydrogens (tertiary/aromatic N) is 4. The molecule has 0 aliphatic carbocycles. The second-order valence-corrected chi connectivity index (χ2v) is 7.91. The Balaban J connectivity index is 1.45. The Morgan fingerprint density at radius 3 is 2.74 bits per heavy atom. The minimum atomic E-state index is -0.209. The molecule has 0 spiro atoms. The van der Waals surface area contributed by atoms with Crippen molar-refractivity contribution in [2.45, 2.75) is 18.9 Å². The molecule has 2 aromatic rings. The van der Waals surface area contributed by atoms with Crippen LogP contribution in [0.2, 0.25) is 0 Å². The summed E-state index contributed by atoms with van der Waals surface area (Å²) in [4.78, 5) is 26.1.